The van der Waals surface area contributed by atoms with E-state index in [4.69, 9.17) is 27.7 Å². The van der Waals surface area contributed by atoms with Crippen molar-refractivity contribution in [3.8, 4) is 23.0 Å². The maximum atomic E-state index is 14.4. The number of benzene rings is 1. The molecule has 0 saturated carbocycles. The Morgan fingerprint density at radius 1 is 1.09 bits per heavy atom. The Kier molecular flexibility index (Phi) is 5.30. The number of aromatic nitrogens is 4. The summed E-state index contributed by atoms with van der Waals surface area (Å²) in [5.41, 5.74) is -1.32. The van der Waals surface area contributed by atoms with E-state index in [1.165, 1.54) is 12.3 Å². The molecule has 0 bridgehead atoms. The van der Waals surface area contributed by atoms with Crippen LogP contribution in [0.15, 0.2) is 35.1 Å². The third-order valence-electron chi connectivity index (χ3n) is 4.07. The fourth-order valence-corrected chi connectivity index (χ4v) is 3.89. The molecule has 1 aromatic carbocycles. The number of nitrogens with zero attached hydrogens (tertiary/aromatic N) is 4. The number of pyridine rings is 1. The summed E-state index contributed by atoms with van der Waals surface area (Å²) in [6.45, 7) is 0. The topological polar surface area (TPSA) is 102 Å². The summed E-state index contributed by atoms with van der Waals surface area (Å²) in [4.78, 5) is 8.14. The van der Waals surface area contributed by atoms with Crippen molar-refractivity contribution in [3.05, 3.63) is 52.0 Å². The fraction of sp³-hybridized carbons (Fsp3) is 0.118. The van der Waals surface area contributed by atoms with Gasteiger partial charge in [-0.2, -0.15) is 18.2 Å². The van der Waals surface area contributed by atoms with Crippen LogP contribution in [-0.4, -0.2) is 34.2 Å². The Labute approximate surface area is 186 Å². The molecular formula is C17H9Cl2F4N5O3S. The van der Waals surface area contributed by atoms with E-state index in [-0.39, 0.29) is 38.7 Å². The van der Waals surface area contributed by atoms with E-state index in [9.17, 15) is 26.0 Å². The van der Waals surface area contributed by atoms with E-state index in [1.807, 2.05) is 4.72 Å². The van der Waals surface area contributed by atoms with E-state index < -0.39 is 33.3 Å². The Bertz CT molecular complexity index is 1440. The minimum absolute atomic E-state index is 0.0203. The fourth-order valence-electron chi connectivity index (χ4n) is 2.74. The monoisotopic (exact) mass is 509 g/mol. The van der Waals surface area contributed by atoms with Crippen LogP contribution in [0.1, 0.15) is 5.56 Å². The summed E-state index contributed by atoms with van der Waals surface area (Å²) < 4.78 is 84.1. The molecule has 0 spiro atoms. The van der Waals surface area contributed by atoms with E-state index in [0.717, 1.165) is 29.0 Å². The molecule has 4 rings (SSSR count). The second kappa shape index (κ2) is 7.60. The summed E-state index contributed by atoms with van der Waals surface area (Å²) >= 11 is 11.9. The predicted octanol–water partition coefficient (Wildman–Crippen LogP) is 4.89. The highest BCUT2D eigenvalue weighted by Gasteiger charge is 2.32. The van der Waals surface area contributed by atoms with Crippen LogP contribution in [0.4, 0.5) is 23.2 Å². The lowest BCUT2D eigenvalue weighted by Crippen LogP contribution is -2.11. The summed E-state index contributed by atoms with van der Waals surface area (Å²) in [5, 5.41) is 3.19. The van der Waals surface area contributed by atoms with Gasteiger partial charge in [-0.15, -0.1) is 0 Å². The van der Waals surface area contributed by atoms with E-state index in [0.29, 0.717) is 0 Å². The minimum atomic E-state index is -4.61. The van der Waals surface area contributed by atoms with Crippen molar-refractivity contribution in [3.63, 3.8) is 0 Å². The van der Waals surface area contributed by atoms with Crippen molar-refractivity contribution in [2.45, 2.75) is 6.18 Å². The Morgan fingerprint density at radius 3 is 2.44 bits per heavy atom. The Balaban J connectivity index is 1.72. The standard InChI is InChI=1S/C17H9Cl2F4N5O3S/c1-32(29,30)27-13-9(18)2-7(3-11(13)20)14-25-16(31-26-14)12-6-28-5-8(17(21,22)23)4-10(19)15(28)24-12/h2-6,27H,1H3. The largest absolute Gasteiger partial charge is 0.417 e. The molecule has 0 unspecified atom stereocenters. The molecular weight excluding hydrogens is 501 g/mol. The van der Waals surface area contributed by atoms with Gasteiger partial charge in [0.2, 0.25) is 15.8 Å². The van der Waals surface area contributed by atoms with Crippen molar-refractivity contribution >= 4 is 44.6 Å². The summed E-state index contributed by atoms with van der Waals surface area (Å²) in [6, 6.07) is 2.89. The first kappa shape index (κ1) is 22.3. The Morgan fingerprint density at radius 2 is 1.81 bits per heavy atom. The number of halogens is 6. The third-order valence-corrected chi connectivity index (χ3v) is 5.22. The van der Waals surface area contributed by atoms with Gasteiger partial charge in [-0.1, -0.05) is 28.4 Å². The zero-order valence-electron chi connectivity index (χ0n) is 15.6. The number of imidazole rings is 1. The summed E-state index contributed by atoms with van der Waals surface area (Å²) in [5.74, 6) is -1.28. The second-order valence-corrected chi connectivity index (χ2v) is 9.11. The van der Waals surface area contributed by atoms with Crippen LogP contribution in [0.2, 0.25) is 10.0 Å². The van der Waals surface area contributed by atoms with Crippen molar-refractivity contribution in [1.82, 2.24) is 19.5 Å². The normalized spacial score (nSPS) is 12.5. The maximum Gasteiger partial charge on any atom is 0.417 e. The molecule has 0 atom stereocenters. The zero-order chi connectivity index (χ0) is 23.4. The molecule has 0 aliphatic rings. The van der Waals surface area contributed by atoms with Gasteiger partial charge in [-0.25, -0.2) is 17.8 Å². The molecule has 0 amide bonds. The average molecular weight is 510 g/mol. The predicted molar refractivity (Wildman–Crippen MR) is 107 cm³/mol. The molecule has 0 radical (unpaired) electrons. The number of sulfonamides is 1. The van der Waals surface area contributed by atoms with E-state index >= 15 is 0 Å². The smallest absolute Gasteiger partial charge is 0.332 e. The van der Waals surface area contributed by atoms with Crippen LogP contribution in [0, 0.1) is 5.82 Å². The lowest BCUT2D eigenvalue weighted by Gasteiger charge is -2.08. The third kappa shape index (κ3) is 4.36. The molecule has 0 fully saturated rings. The first-order valence-corrected chi connectivity index (χ1v) is 11.0. The van der Waals surface area contributed by atoms with E-state index in [2.05, 4.69) is 15.1 Å². The van der Waals surface area contributed by atoms with Gasteiger partial charge < -0.3 is 8.92 Å². The maximum absolute atomic E-state index is 14.4. The van der Waals surface area contributed by atoms with E-state index in [1.54, 1.807) is 0 Å². The molecule has 0 aliphatic carbocycles. The van der Waals surface area contributed by atoms with Crippen LogP contribution >= 0.6 is 23.2 Å². The zero-order valence-corrected chi connectivity index (χ0v) is 17.9. The number of nitrogens with one attached hydrogen (secondary N) is 1. The first-order valence-electron chi connectivity index (χ1n) is 8.38. The van der Waals surface area contributed by atoms with Crippen LogP contribution < -0.4 is 4.72 Å². The lowest BCUT2D eigenvalue weighted by atomic mass is 10.2. The molecule has 0 aliphatic heterocycles. The highest BCUT2D eigenvalue weighted by molar-refractivity contribution is 7.92. The number of alkyl halides is 3. The number of rotatable bonds is 4. The highest BCUT2D eigenvalue weighted by atomic mass is 35.5. The van der Waals surface area contributed by atoms with Gasteiger partial charge in [0, 0.05) is 18.0 Å². The van der Waals surface area contributed by atoms with Crippen LogP contribution in [0.3, 0.4) is 0 Å². The molecule has 3 heterocycles. The molecule has 3 aromatic heterocycles. The second-order valence-electron chi connectivity index (χ2n) is 6.54. The van der Waals surface area contributed by atoms with Crippen LogP contribution in [0.5, 0.6) is 0 Å². The molecule has 15 heteroatoms. The van der Waals surface area contributed by atoms with Gasteiger partial charge in [0.1, 0.15) is 17.2 Å². The van der Waals surface area contributed by atoms with Crippen LogP contribution in [0.25, 0.3) is 28.6 Å². The van der Waals surface area contributed by atoms with Gasteiger partial charge >= 0.3 is 6.18 Å². The molecule has 4 aromatic rings. The summed E-state index contributed by atoms with van der Waals surface area (Å²) in [7, 11) is -3.78. The molecule has 0 saturated heterocycles. The van der Waals surface area contributed by atoms with Gasteiger partial charge in [-0.3, -0.25) is 4.72 Å². The highest BCUT2D eigenvalue weighted by Crippen LogP contribution is 2.34. The molecule has 168 valence electrons. The Hall–Kier alpha value is -2.90. The first-order chi connectivity index (χ1) is 14.8. The van der Waals surface area contributed by atoms with Gasteiger partial charge in [0.25, 0.3) is 5.89 Å². The van der Waals surface area contributed by atoms with Crippen molar-refractivity contribution in [2.24, 2.45) is 0 Å². The number of fused-ring (bicyclic) bond motifs is 1. The molecule has 1 N–H and O–H groups in total. The number of anilines is 1. The van der Waals surface area contributed by atoms with Gasteiger partial charge in [0.05, 0.1) is 21.9 Å². The molecule has 8 nitrogen and oxygen atoms in total. The SMILES string of the molecule is CS(=O)(=O)Nc1c(F)cc(-c2noc(-c3cn4cc(C(F)(F)F)cc(Cl)c4n3)n2)cc1Cl. The average Bonchev–Trinajstić information content (AvgIpc) is 3.30. The minimum Gasteiger partial charge on any atom is -0.332 e. The van der Waals surface area contributed by atoms with Gasteiger partial charge in [-0.05, 0) is 18.2 Å². The van der Waals surface area contributed by atoms with Gasteiger partial charge in [0.15, 0.2) is 5.65 Å². The number of hydrogen-bond donors (Lipinski definition) is 1. The van der Waals surface area contributed by atoms with Crippen molar-refractivity contribution in [1.29, 1.82) is 0 Å². The molecule has 32 heavy (non-hydrogen) atoms. The quantitative estimate of drug-likeness (QED) is 0.393. The lowest BCUT2D eigenvalue weighted by molar-refractivity contribution is -0.137. The number of hydrogen-bond acceptors (Lipinski definition) is 6. The van der Waals surface area contributed by atoms with Crippen LogP contribution in [-0.2, 0) is 16.2 Å². The summed E-state index contributed by atoms with van der Waals surface area (Å²) in [6.07, 6.45) is -1.76. The van der Waals surface area contributed by atoms with Crippen molar-refractivity contribution < 1.29 is 30.5 Å². The van der Waals surface area contributed by atoms with Crippen molar-refractivity contribution in [2.75, 3.05) is 11.0 Å².